The Labute approximate surface area is 148 Å². The third-order valence-corrected chi connectivity index (χ3v) is 4.69. The van der Waals surface area contributed by atoms with Gasteiger partial charge in [0.05, 0.1) is 25.9 Å². The largest absolute Gasteiger partial charge is 0.497 e. The number of hydrogen-bond donors (Lipinski definition) is 0. The van der Waals surface area contributed by atoms with E-state index in [1.165, 1.54) is 5.56 Å². The molecule has 0 radical (unpaired) electrons. The minimum absolute atomic E-state index is 0.0775. The van der Waals surface area contributed by atoms with E-state index < -0.39 is 0 Å². The first kappa shape index (κ1) is 17.3. The van der Waals surface area contributed by atoms with Crippen LogP contribution in [0, 0.1) is 0 Å². The van der Waals surface area contributed by atoms with Crippen LogP contribution in [0.25, 0.3) is 0 Å². The SMILES string of the molecule is COc1ccc(OC)c(N2CCN(Cc3ccccc3)[C@@H](C)C2=O)c1. The first-order valence-electron chi connectivity index (χ1n) is 8.45. The highest BCUT2D eigenvalue weighted by Gasteiger charge is 2.33. The van der Waals surface area contributed by atoms with Crippen LogP contribution in [-0.2, 0) is 11.3 Å². The lowest BCUT2D eigenvalue weighted by Crippen LogP contribution is -2.55. The van der Waals surface area contributed by atoms with Crippen LogP contribution in [0.2, 0.25) is 0 Å². The number of hydrogen-bond acceptors (Lipinski definition) is 4. The van der Waals surface area contributed by atoms with E-state index in [0.29, 0.717) is 18.0 Å². The number of ether oxygens (including phenoxy) is 2. The molecule has 1 aliphatic heterocycles. The fourth-order valence-electron chi connectivity index (χ4n) is 3.19. The van der Waals surface area contributed by atoms with Crippen LogP contribution in [0.5, 0.6) is 11.5 Å². The van der Waals surface area contributed by atoms with Gasteiger partial charge in [-0.3, -0.25) is 9.69 Å². The second kappa shape index (κ2) is 7.57. The van der Waals surface area contributed by atoms with Crippen molar-refractivity contribution in [2.24, 2.45) is 0 Å². The zero-order valence-electron chi connectivity index (χ0n) is 14.9. The van der Waals surface area contributed by atoms with Gasteiger partial charge in [0.2, 0.25) is 5.91 Å². The van der Waals surface area contributed by atoms with Crippen LogP contribution in [0.3, 0.4) is 0 Å². The maximum absolute atomic E-state index is 13.0. The highest BCUT2D eigenvalue weighted by Crippen LogP contribution is 2.34. The molecule has 25 heavy (non-hydrogen) atoms. The number of benzene rings is 2. The Kier molecular flexibility index (Phi) is 5.24. The minimum Gasteiger partial charge on any atom is -0.497 e. The summed E-state index contributed by atoms with van der Waals surface area (Å²) in [6.07, 6.45) is 0. The predicted molar refractivity (Wildman–Crippen MR) is 98.2 cm³/mol. The molecule has 1 aliphatic rings. The van der Waals surface area contributed by atoms with Gasteiger partial charge in [-0.05, 0) is 24.6 Å². The smallest absolute Gasteiger partial charge is 0.244 e. The van der Waals surface area contributed by atoms with Gasteiger partial charge < -0.3 is 14.4 Å². The number of carbonyl (C=O) groups excluding carboxylic acids is 1. The third kappa shape index (κ3) is 3.61. The van der Waals surface area contributed by atoms with Crippen LogP contribution < -0.4 is 14.4 Å². The molecule has 0 saturated carbocycles. The van der Waals surface area contributed by atoms with E-state index in [1.807, 2.05) is 43.3 Å². The monoisotopic (exact) mass is 340 g/mol. The van der Waals surface area contributed by atoms with Gasteiger partial charge in [-0.25, -0.2) is 0 Å². The number of rotatable bonds is 5. The fraction of sp³-hybridized carbons (Fsp3) is 0.350. The Balaban J connectivity index is 1.80. The summed E-state index contributed by atoms with van der Waals surface area (Å²) in [6, 6.07) is 15.6. The van der Waals surface area contributed by atoms with Crippen molar-refractivity contribution in [3.05, 3.63) is 54.1 Å². The molecule has 0 spiro atoms. The third-order valence-electron chi connectivity index (χ3n) is 4.69. The Bertz CT molecular complexity index is 733. The van der Waals surface area contributed by atoms with E-state index in [1.54, 1.807) is 19.1 Å². The summed E-state index contributed by atoms with van der Waals surface area (Å²) in [5.74, 6) is 1.47. The van der Waals surface area contributed by atoms with E-state index in [-0.39, 0.29) is 11.9 Å². The van der Waals surface area contributed by atoms with Crippen molar-refractivity contribution < 1.29 is 14.3 Å². The molecule has 0 N–H and O–H groups in total. The van der Waals surface area contributed by atoms with Crippen LogP contribution in [-0.4, -0.2) is 44.2 Å². The van der Waals surface area contributed by atoms with Gasteiger partial charge in [-0.2, -0.15) is 0 Å². The van der Waals surface area contributed by atoms with E-state index >= 15 is 0 Å². The lowest BCUT2D eigenvalue weighted by Gasteiger charge is -2.39. The number of piperazine rings is 1. The first-order chi connectivity index (χ1) is 12.1. The lowest BCUT2D eigenvalue weighted by atomic mass is 10.1. The van der Waals surface area contributed by atoms with Crippen LogP contribution in [0.15, 0.2) is 48.5 Å². The number of methoxy groups -OCH3 is 2. The molecule has 0 aliphatic carbocycles. The topological polar surface area (TPSA) is 42.0 Å². The normalized spacial score (nSPS) is 18.3. The molecule has 1 amide bonds. The summed E-state index contributed by atoms with van der Waals surface area (Å²) in [4.78, 5) is 17.0. The minimum atomic E-state index is -0.190. The van der Waals surface area contributed by atoms with Crippen molar-refractivity contribution in [2.75, 3.05) is 32.2 Å². The average molecular weight is 340 g/mol. The summed E-state index contributed by atoms with van der Waals surface area (Å²) in [7, 11) is 3.23. The number of anilines is 1. The van der Waals surface area contributed by atoms with Crippen molar-refractivity contribution >= 4 is 11.6 Å². The van der Waals surface area contributed by atoms with E-state index in [0.717, 1.165) is 18.8 Å². The van der Waals surface area contributed by atoms with Gasteiger partial charge >= 0.3 is 0 Å². The standard InChI is InChI=1S/C20H24N2O3/c1-15-20(23)22(18-13-17(24-2)9-10-19(18)25-3)12-11-21(15)14-16-7-5-4-6-8-16/h4-10,13,15H,11-12,14H2,1-3H3/t15-/m0/s1. The molecule has 0 unspecified atom stereocenters. The Morgan fingerprint density at radius 3 is 2.48 bits per heavy atom. The number of amides is 1. The molecule has 0 aromatic heterocycles. The molecule has 2 aromatic rings. The average Bonchev–Trinajstić information content (AvgIpc) is 2.66. The number of nitrogens with zero attached hydrogens (tertiary/aromatic N) is 2. The van der Waals surface area contributed by atoms with Crippen molar-refractivity contribution in [1.82, 2.24) is 4.90 Å². The van der Waals surface area contributed by atoms with Gasteiger partial charge in [-0.15, -0.1) is 0 Å². The predicted octanol–water partition coefficient (Wildman–Crippen LogP) is 2.94. The summed E-state index contributed by atoms with van der Waals surface area (Å²) < 4.78 is 10.7. The van der Waals surface area contributed by atoms with E-state index in [4.69, 9.17) is 9.47 Å². The quantitative estimate of drug-likeness (QED) is 0.839. The molecule has 5 heteroatoms. The van der Waals surface area contributed by atoms with E-state index in [9.17, 15) is 4.79 Å². The van der Waals surface area contributed by atoms with Crippen molar-refractivity contribution in [3.8, 4) is 11.5 Å². The zero-order chi connectivity index (χ0) is 17.8. The highest BCUT2D eigenvalue weighted by molar-refractivity contribution is 5.99. The van der Waals surface area contributed by atoms with Gasteiger partial charge in [0.25, 0.3) is 0 Å². The summed E-state index contributed by atoms with van der Waals surface area (Å²) in [5, 5.41) is 0. The number of carbonyl (C=O) groups is 1. The first-order valence-corrected chi connectivity index (χ1v) is 8.45. The van der Waals surface area contributed by atoms with E-state index in [2.05, 4.69) is 17.0 Å². The molecular formula is C20H24N2O3. The lowest BCUT2D eigenvalue weighted by molar-refractivity contribution is -0.125. The highest BCUT2D eigenvalue weighted by atomic mass is 16.5. The molecular weight excluding hydrogens is 316 g/mol. The Morgan fingerprint density at radius 1 is 1.04 bits per heavy atom. The Morgan fingerprint density at radius 2 is 1.80 bits per heavy atom. The van der Waals surface area contributed by atoms with Crippen molar-refractivity contribution in [2.45, 2.75) is 19.5 Å². The van der Waals surface area contributed by atoms with Crippen LogP contribution in [0.1, 0.15) is 12.5 Å². The second-order valence-corrected chi connectivity index (χ2v) is 6.16. The van der Waals surface area contributed by atoms with Gasteiger partial charge in [0.1, 0.15) is 11.5 Å². The van der Waals surface area contributed by atoms with Crippen molar-refractivity contribution in [3.63, 3.8) is 0 Å². The fourth-order valence-corrected chi connectivity index (χ4v) is 3.19. The maximum atomic E-state index is 13.0. The molecule has 2 aromatic carbocycles. The van der Waals surface area contributed by atoms with Crippen LogP contribution >= 0.6 is 0 Å². The molecule has 132 valence electrons. The summed E-state index contributed by atoms with van der Waals surface area (Å²) in [5.41, 5.74) is 1.98. The van der Waals surface area contributed by atoms with Gasteiger partial charge in [-0.1, -0.05) is 30.3 Å². The maximum Gasteiger partial charge on any atom is 0.244 e. The molecule has 1 fully saturated rings. The molecule has 0 bridgehead atoms. The van der Waals surface area contributed by atoms with Gasteiger partial charge in [0.15, 0.2) is 0 Å². The molecule has 1 atom stereocenters. The summed E-state index contributed by atoms with van der Waals surface area (Å²) >= 11 is 0. The van der Waals surface area contributed by atoms with Gasteiger partial charge in [0, 0.05) is 25.7 Å². The summed E-state index contributed by atoms with van der Waals surface area (Å²) in [6.45, 7) is 4.17. The molecule has 1 saturated heterocycles. The molecule has 1 heterocycles. The Hall–Kier alpha value is -2.53. The molecule has 3 rings (SSSR count). The van der Waals surface area contributed by atoms with Crippen LogP contribution in [0.4, 0.5) is 5.69 Å². The van der Waals surface area contributed by atoms with Crippen molar-refractivity contribution in [1.29, 1.82) is 0 Å². The second-order valence-electron chi connectivity index (χ2n) is 6.16. The molecule has 5 nitrogen and oxygen atoms in total. The zero-order valence-corrected chi connectivity index (χ0v) is 14.9.